The third kappa shape index (κ3) is 4.66. The van der Waals surface area contributed by atoms with E-state index in [9.17, 15) is 14.0 Å². The number of hydrogen-bond donors (Lipinski definition) is 2. The molecular weight excluding hydrogens is 321 g/mol. The molecule has 0 unspecified atom stereocenters. The molecule has 2 aromatic rings. The highest BCUT2D eigenvalue weighted by Gasteiger charge is 2.21. The first-order chi connectivity index (χ1) is 12.0. The highest BCUT2D eigenvalue weighted by molar-refractivity contribution is 5.16. The van der Waals surface area contributed by atoms with Gasteiger partial charge in [0, 0.05) is 18.8 Å². The molecule has 1 aromatic carbocycles. The summed E-state index contributed by atoms with van der Waals surface area (Å²) in [6.07, 6.45) is 4.28. The number of aromatic nitrogens is 2. The number of rotatable bonds is 5. The molecule has 1 aliphatic rings. The molecule has 0 radical (unpaired) electrons. The highest BCUT2D eigenvalue weighted by Crippen LogP contribution is 2.22. The van der Waals surface area contributed by atoms with Crippen molar-refractivity contribution >= 4 is 0 Å². The maximum absolute atomic E-state index is 13.0. The molecule has 2 N–H and O–H groups in total. The fourth-order valence-electron chi connectivity index (χ4n) is 3.59. The van der Waals surface area contributed by atoms with Crippen LogP contribution in [-0.4, -0.2) is 28.0 Å². The van der Waals surface area contributed by atoms with E-state index in [0.29, 0.717) is 23.7 Å². The average Bonchev–Trinajstić information content (AvgIpc) is 2.58. The summed E-state index contributed by atoms with van der Waals surface area (Å²) in [6, 6.07) is 6.71. The molecule has 134 valence electrons. The van der Waals surface area contributed by atoms with Crippen molar-refractivity contribution in [3.63, 3.8) is 0 Å². The first-order valence-corrected chi connectivity index (χ1v) is 8.80. The summed E-state index contributed by atoms with van der Waals surface area (Å²) in [7, 11) is 0. The molecule has 2 heterocycles. The lowest BCUT2D eigenvalue weighted by Gasteiger charge is -2.32. The van der Waals surface area contributed by atoms with Gasteiger partial charge in [0.05, 0.1) is 5.56 Å². The Bertz CT molecular complexity index is 826. The smallest absolute Gasteiger partial charge is 0.311 e. The summed E-state index contributed by atoms with van der Waals surface area (Å²) in [5.41, 5.74) is 1.68. The monoisotopic (exact) mass is 345 g/mol. The Morgan fingerprint density at radius 2 is 1.96 bits per heavy atom. The van der Waals surface area contributed by atoms with E-state index >= 15 is 0 Å². The van der Waals surface area contributed by atoms with Gasteiger partial charge in [0.2, 0.25) is 0 Å². The van der Waals surface area contributed by atoms with Gasteiger partial charge in [0.25, 0.3) is 5.56 Å². The van der Waals surface area contributed by atoms with E-state index in [-0.39, 0.29) is 11.4 Å². The van der Waals surface area contributed by atoms with Gasteiger partial charge in [-0.25, -0.2) is 9.18 Å². The summed E-state index contributed by atoms with van der Waals surface area (Å²) in [5, 5.41) is 0. The lowest BCUT2D eigenvalue weighted by molar-refractivity contribution is 0.161. The molecule has 6 heteroatoms. The SMILES string of the molecule is Cc1[nH]c(=O)[nH]c(=O)c1CN1CCC[C@@H](CCc2ccc(F)cc2)C1. The van der Waals surface area contributed by atoms with Crippen molar-refractivity contribution in [2.24, 2.45) is 5.92 Å². The molecule has 1 aliphatic heterocycles. The summed E-state index contributed by atoms with van der Waals surface area (Å²) >= 11 is 0. The number of benzene rings is 1. The molecule has 1 fully saturated rings. The summed E-state index contributed by atoms with van der Waals surface area (Å²) in [6.45, 7) is 4.23. The van der Waals surface area contributed by atoms with Crippen molar-refractivity contribution in [1.82, 2.24) is 14.9 Å². The Kier molecular flexibility index (Phi) is 5.48. The van der Waals surface area contributed by atoms with Crippen LogP contribution >= 0.6 is 0 Å². The number of aromatic amines is 2. The van der Waals surface area contributed by atoms with Crippen LogP contribution in [0, 0.1) is 18.7 Å². The van der Waals surface area contributed by atoms with Gasteiger partial charge in [-0.2, -0.15) is 0 Å². The molecule has 0 aliphatic carbocycles. The summed E-state index contributed by atoms with van der Waals surface area (Å²) in [5.74, 6) is 0.370. The summed E-state index contributed by atoms with van der Waals surface area (Å²) < 4.78 is 13.0. The van der Waals surface area contributed by atoms with Crippen molar-refractivity contribution in [2.45, 2.75) is 39.2 Å². The second-order valence-corrected chi connectivity index (χ2v) is 6.92. The van der Waals surface area contributed by atoms with Gasteiger partial charge in [-0.15, -0.1) is 0 Å². The van der Waals surface area contributed by atoms with Crippen LogP contribution in [0.4, 0.5) is 4.39 Å². The van der Waals surface area contributed by atoms with Crippen LogP contribution in [0.3, 0.4) is 0 Å². The maximum atomic E-state index is 13.0. The van der Waals surface area contributed by atoms with Crippen molar-refractivity contribution < 1.29 is 4.39 Å². The predicted octanol–water partition coefficient (Wildman–Crippen LogP) is 2.36. The quantitative estimate of drug-likeness (QED) is 0.874. The van der Waals surface area contributed by atoms with Gasteiger partial charge >= 0.3 is 5.69 Å². The van der Waals surface area contributed by atoms with Crippen molar-refractivity contribution in [1.29, 1.82) is 0 Å². The lowest BCUT2D eigenvalue weighted by atomic mass is 9.91. The number of nitrogens with zero attached hydrogens (tertiary/aromatic N) is 1. The van der Waals surface area contributed by atoms with Crippen LogP contribution in [-0.2, 0) is 13.0 Å². The van der Waals surface area contributed by atoms with E-state index in [1.807, 2.05) is 12.1 Å². The van der Waals surface area contributed by atoms with E-state index in [2.05, 4.69) is 14.9 Å². The second kappa shape index (κ2) is 7.78. The van der Waals surface area contributed by atoms with Crippen LogP contribution in [0.5, 0.6) is 0 Å². The molecule has 0 spiro atoms. The standard InChI is InChI=1S/C19H24FN3O2/c1-13-17(18(24)22-19(25)21-13)12-23-10-2-3-15(11-23)5-4-14-6-8-16(20)9-7-14/h6-9,15H,2-5,10-12H2,1H3,(H2,21,22,24,25)/t15-/m0/s1. The fraction of sp³-hybridized carbons (Fsp3) is 0.474. The lowest BCUT2D eigenvalue weighted by Crippen LogP contribution is -2.38. The van der Waals surface area contributed by atoms with E-state index in [1.165, 1.54) is 18.6 Å². The molecule has 3 rings (SSSR count). The Morgan fingerprint density at radius 3 is 2.68 bits per heavy atom. The summed E-state index contributed by atoms with van der Waals surface area (Å²) in [4.78, 5) is 30.6. The third-order valence-corrected chi connectivity index (χ3v) is 4.99. The van der Waals surface area contributed by atoms with E-state index in [4.69, 9.17) is 0 Å². The molecule has 25 heavy (non-hydrogen) atoms. The number of aryl methyl sites for hydroxylation is 2. The van der Waals surface area contributed by atoms with Crippen molar-refractivity contribution in [3.8, 4) is 0 Å². The van der Waals surface area contributed by atoms with Gasteiger partial charge < -0.3 is 4.98 Å². The number of nitrogens with one attached hydrogen (secondary N) is 2. The van der Waals surface area contributed by atoms with Crippen LogP contribution in [0.2, 0.25) is 0 Å². The largest absolute Gasteiger partial charge is 0.325 e. The van der Waals surface area contributed by atoms with Crippen LogP contribution in [0.25, 0.3) is 0 Å². The number of H-pyrrole nitrogens is 2. The van der Waals surface area contributed by atoms with Gasteiger partial charge in [-0.3, -0.25) is 14.7 Å². The third-order valence-electron chi connectivity index (χ3n) is 4.99. The zero-order valence-electron chi connectivity index (χ0n) is 14.5. The fourth-order valence-corrected chi connectivity index (χ4v) is 3.59. The first-order valence-electron chi connectivity index (χ1n) is 8.80. The zero-order chi connectivity index (χ0) is 17.8. The van der Waals surface area contributed by atoms with E-state index in [0.717, 1.165) is 37.9 Å². The van der Waals surface area contributed by atoms with E-state index in [1.54, 1.807) is 6.92 Å². The Hall–Kier alpha value is -2.21. The molecule has 1 atom stereocenters. The van der Waals surface area contributed by atoms with Crippen LogP contribution in [0.1, 0.15) is 36.1 Å². The van der Waals surface area contributed by atoms with Crippen LogP contribution < -0.4 is 11.2 Å². The molecule has 0 amide bonds. The number of piperidine rings is 1. The van der Waals surface area contributed by atoms with Crippen LogP contribution in [0.15, 0.2) is 33.9 Å². The Balaban J connectivity index is 1.59. The first kappa shape index (κ1) is 17.6. The topological polar surface area (TPSA) is 69.0 Å². The number of hydrogen-bond acceptors (Lipinski definition) is 3. The molecular formula is C19H24FN3O2. The van der Waals surface area contributed by atoms with Gasteiger partial charge in [0.15, 0.2) is 0 Å². The molecule has 1 aromatic heterocycles. The molecule has 5 nitrogen and oxygen atoms in total. The number of halogens is 1. The predicted molar refractivity (Wildman–Crippen MR) is 95.1 cm³/mol. The van der Waals surface area contributed by atoms with Crippen molar-refractivity contribution in [3.05, 3.63) is 67.7 Å². The number of likely N-dealkylation sites (tertiary alicyclic amines) is 1. The minimum absolute atomic E-state index is 0.200. The normalized spacial score (nSPS) is 18.4. The minimum Gasteiger partial charge on any atom is -0.311 e. The molecule has 1 saturated heterocycles. The molecule has 0 bridgehead atoms. The highest BCUT2D eigenvalue weighted by atomic mass is 19.1. The van der Waals surface area contributed by atoms with Crippen molar-refractivity contribution in [2.75, 3.05) is 13.1 Å². The van der Waals surface area contributed by atoms with E-state index < -0.39 is 5.69 Å². The maximum Gasteiger partial charge on any atom is 0.325 e. The Morgan fingerprint density at radius 1 is 1.20 bits per heavy atom. The van der Waals surface area contributed by atoms with Gasteiger partial charge in [-0.05, 0) is 62.8 Å². The Labute approximate surface area is 145 Å². The molecule has 0 saturated carbocycles. The van der Waals surface area contributed by atoms with Gasteiger partial charge in [-0.1, -0.05) is 12.1 Å². The average molecular weight is 345 g/mol. The zero-order valence-corrected chi connectivity index (χ0v) is 14.5. The second-order valence-electron chi connectivity index (χ2n) is 6.92. The minimum atomic E-state index is -0.456. The van der Waals surface area contributed by atoms with Gasteiger partial charge in [0.1, 0.15) is 5.82 Å².